The molecule has 4 nitrogen and oxygen atoms in total. The lowest BCUT2D eigenvalue weighted by Crippen LogP contribution is -2.08. The zero-order valence-electron chi connectivity index (χ0n) is 16.1. The van der Waals surface area contributed by atoms with Gasteiger partial charge in [-0.15, -0.1) is 0 Å². The smallest absolute Gasteiger partial charge is 0.181 e. The lowest BCUT2D eigenvalue weighted by molar-refractivity contribution is 0.883. The Morgan fingerprint density at radius 3 is 2.59 bits per heavy atom. The highest BCUT2D eigenvalue weighted by Gasteiger charge is 2.22. The Morgan fingerprint density at radius 1 is 1.04 bits per heavy atom. The first-order valence-electron chi connectivity index (χ1n) is 9.70. The van der Waals surface area contributed by atoms with E-state index in [1.165, 1.54) is 35.1 Å². The Morgan fingerprint density at radius 2 is 1.81 bits per heavy atom. The van der Waals surface area contributed by atoms with Crippen LogP contribution in [-0.4, -0.2) is 20.9 Å². The number of imidazole rings is 1. The largest absolute Gasteiger partial charge is 0.367 e. The van der Waals surface area contributed by atoms with Crippen molar-refractivity contribution in [2.45, 2.75) is 33.6 Å². The maximum absolute atomic E-state index is 4.94. The van der Waals surface area contributed by atoms with Crippen molar-refractivity contribution in [3.05, 3.63) is 59.3 Å². The number of hydrogen-bond acceptors (Lipinski definition) is 3. The average Bonchev–Trinajstić information content (AvgIpc) is 3.38. The van der Waals surface area contributed by atoms with E-state index >= 15 is 0 Å². The number of aromatic nitrogens is 3. The molecule has 0 saturated heterocycles. The van der Waals surface area contributed by atoms with Crippen LogP contribution in [0.15, 0.2) is 42.6 Å². The van der Waals surface area contributed by atoms with Gasteiger partial charge < -0.3 is 5.32 Å². The van der Waals surface area contributed by atoms with E-state index in [-0.39, 0.29) is 0 Å². The van der Waals surface area contributed by atoms with E-state index in [2.05, 4.69) is 66.9 Å². The zero-order valence-corrected chi connectivity index (χ0v) is 16.1. The number of rotatable bonds is 4. The molecule has 2 aromatic heterocycles. The molecule has 0 radical (unpaired) electrons. The molecule has 0 unspecified atom stereocenters. The van der Waals surface area contributed by atoms with Crippen LogP contribution in [0.2, 0.25) is 0 Å². The minimum absolute atomic E-state index is 0.785. The van der Waals surface area contributed by atoms with Crippen LogP contribution in [0, 0.1) is 26.7 Å². The normalized spacial score (nSPS) is 14.2. The van der Waals surface area contributed by atoms with Crippen LogP contribution >= 0.6 is 0 Å². The van der Waals surface area contributed by atoms with Crippen LogP contribution in [0.25, 0.3) is 27.9 Å². The number of anilines is 1. The van der Waals surface area contributed by atoms with Gasteiger partial charge in [-0.25, -0.2) is 9.97 Å². The highest BCUT2D eigenvalue weighted by molar-refractivity contribution is 5.87. The van der Waals surface area contributed by atoms with E-state index in [4.69, 9.17) is 9.97 Å². The third-order valence-corrected chi connectivity index (χ3v) is 5.71. The molecule has 1 aliphatic rings. The molecule has 4 aromatic rings. The monoisotopic (exact) mass is 356 g/mol. The van der Waals surface area contributed by atoms with Gasteiger partial charge >= 0.3 is 0 Å². The van der Waals surface area contributed by atoms with Crippen molar-refractivity contribution in [1.82, 2.24) is 14.4 Å². The van der Waals surface area contributed by atoms with Crippen molar-refractivity contribution >= 4 is 22.5 Å². The Labute approximate surface area is 159 Å². The second-order valence-electron chi connectivity index (χ2n) is 7.83. The van der Waals surface area contributed by atoms with Gasteiger partial charge in [-0.2, -0.15) is 0 Å². The van der Waals surface area contributed by atoms with Crippen molar-refractivity contribution in [2.75, 3.05) is 11.9 Å². The highest BCUT2D eigenvalue weighted by Crippen LogP contribution is 2.33. The number of benzene rings is 2. The van der Waals surface area contributed by atoms with Crippen LogP contribution in [0.5, 0.6) is 0 Å². The highest BCUT2D eigenvalue weighted by atomic mass is 15.1. The summed E-state index contributed by atoms with van der Waals surface area (Å²) in [6.07, 6.45) is 4.62. The van der Waals surface area contributed by atoms with Gasteiger partial charge in [0.15, 0.2) is 11.5 Å². The lowest BCUT2D eigenvalue weighted by atomic mass is 10.1. The Balaban J connectivity index is 1.81. The molecule has 0 spiro atoms. The fraction of sp³-hybridized carbons (Fsp3) is 0.304. The summed E-state index contributed by atoms with van der Waals surface area (Å²) in [7, 11) is 0. The zero-order chi connectivity index (χ0) is 18.5. The molecule has 2 aromatic carbocycles. The molecule has 1 saturated carbocycles. The van der Waals surface area contributed by atoms with Gasteiger partial charge in [0.1, 0.15) is 0 Å². The minimum Gasteiger partial charge on any atom is -0.367 e. The van der Waals surface area contributed by atoms with Gasteiger partial charge in [0.25, 0.3) is 0 Å². The van der Waals surface area contributed by atoms with Gasteiger partial charge in [-0.3, -0.25) is 4.40 Å². The molecule has 5 rings (SSSR count). The molecule has 1 aliphatic carbocycles. The molecular weight excluding hydrogens is 332 g/mol. The van der Waals surface area contributed by atoms with Crippen LogP contribution in [0.1, 0.15) is 29.5 Å². The van der Waals surface area contributed by atoms with Gasteiger partial charge in [0.05, 0.1) is 22.9 Å². The molecule has 4 heteroatoms. The summed E-state index contributed by atoms with van der Waals surface area (Å²) in [6.45, 7) is 7.43. The standard InChI is InChI=1S/C23H24N4/c1-14-6-4-5-7-18(14)21-13-25-23-22(24-12-17-8-9-17)26-19-10-15(2)16(3)11-20(19)27(21)23/h4-7,10-11,13,17H,8-9,12H2,1-3H3,(H,24,26). The minimum atomic E-state index is 0.785. The average molecular weight is 356 g/mol. The lowest BCUT2D eigenvalue weighted by Gasteiger charge is -2.13. The van der Waals surface area contributed by atoms with Crippen molar-refractivity contribution in [3.63, 3.8) is 0 Å². The first-order chi connectivity index (χ1) is 13.1. The number of nitrogens with one attached hydrogen (secondary N) is 1. The molecule has 27 heavy (non-hydrogen) atoms. The van der Waals surface area contributed by atoms with Crippen molar-refractivity contribution < 1.29 is 0 Å². The van der Waals surface area contributed by atoms with Crippen LogP contribution in [0.3, 0.4) is 0 Å². The predicted molar refractivity (Wildman–Crippen MR) is 111 cm³/mol. The first kappa shape index (κ1) is 16.3. The fourth-order valence-electron chi connectivity index (χ4n) is 3.72. The molecule has 0 aliphatic heterocycles. The summed E-state index contributed by atoms with van der Waals surface area (Å²) in [6, 6.07) is 12.9. The van der Waals surface area contributed by atoms with Crippen LogP contribution < -0.4 is 5.32 Å². The fourth-order valence-corrected chi connectivity index (χ4v) is 3.72. The third-order valence-electron chi connectivity index (χ3n) is 5.71. The molecule has 1 N–H and O–H groups in total. The van der Waals surface area contributed by atoms with Crippen molar-refractivity contribution in [2.24, 2.45) is 5.92 Å². The summed E-state index contributed by atoms with van der Waals surface area (Å²) >= 11 is 0. The van der Waals surface area contributed by atoms with E-state index in [0.717, 1.165) is 40.7 Å². The van der Waals surface area contributed by atoms with E-state index in [9.17, 15) is 0 Å². The van der Waals surface area contributed by atoms with E-state index < -0.39 is 0 Å². The van der Waals surface area contributed by atoms with Gasteiger partial charge in [0.2, 0.25) is 0 Å². The molecule has 136 valence electrons. The first-order valence-corrected chi connectivity index (χ1v) is 9.70. The molecule has 0 amide bonds. The quantitative estimate of drug-likeness (QED) is 0.540. The summed E-state index contributed by atoms with van der Waals surface area (Å²) in [5.41, 5.74) is 9.15. The van der Waals surface area contributed by atoms with Crippen molar-refractivity contribution in [3.8, 4) is 11.3 Å². The second kappa shape index (κ2) is 6.08. The summed E-state index contributed by atoms with van der Waals surface area (Å²) in [5.74, 6) is 1.67. The topological polar surface area (TPSA) is 42.2 Å². The van der Waals surface area contributed by atoms with E-state index in [0.29, 0.717) is 0 Å². The Kier molecular flexibility index (Phi) is 3.67. The molecule has 0 bridgehead atoms. The molecular formula is C23H24N4. The van der Waals surface area contributed by atoms with E-state index in [1.807, 2.05) is 6.20 Å². The van der Waals surface area contributed by atoms with Gasteiger partial charge in [0, 0.05) is 12.1 Å². The number of fused-ring (bicyclic) bond motifs is 3. The molecule has 0 atom stereocenters. The number of aryl methyl sites for hydroxylation is 3. The number of hydrogen-bond donors (Lipinski definition) is 1. The van der Waals surface area contributed by atoms with Crippen LogP contribution in [0.4, 0.5) is 5.82 Å². The predicted octanol–water partition coefficient (Wildman–Crippen LogP) is 5.30. The summed E-state index contributed by atoms with van der Waals surface area (Å²) < 4.78 is 2.27. The van der Waals surface area contributed by atoms with E-state index in [1.54, 1.807) is 0 Å². The van der Waals surface area contributed by atoms with Gasteiger partial charge in [-0.05, 0) is 68.4 Å². The Hall–Kier alpha value is -2.88. The maximum atomic E-state index is 4.94. The number of nitrogens with zero attached hydrogens (tertiary/aromatic N) is 3. The summed E-state index contributed by atoms with van der Waals surface area (Å²) in [4.78, 5) is 9.71. The molecule has 1 fully saturated rings. The SMILES string of the molecule is Cc1cc2nc(NCC3CC3)c3ncc(-c4ccccc4C)n3c2cc1C. The third kappa shape index (κ3) is 2.76. The van der Waals surface area contributed by atoms with Crippen LogP contribution in [-0.2, 0) is 0 Å². The van der Waals surface area contributed by atoms with Crippen molar-refractivity contribution in [1.29, 1.82) is 0 Å². The second-order valence-corrected chi connectivity index (χ2v) is 7.83. The molecule has 2 heterocycles. The maximum Gasteiger partial charge on any atom is 0.181 e. The Bertz CT molecular complexity index is 1170. The van der Waals surface area contributed by atoms with Gasteiger partial charge in [-0.1, -0.05) is 24.3 Å². The summed E-state index contributed by atoms with van der Waals surface area (Å²) in [5, 5.41) is 3.56.